The smallest absolute Gasteiger partial charge is 0.141 e. The number of nitrogens with one attached hydrogen (secondary N) is 1. The van der Waals surface area contributed by atoms with Crippen LogP contribution in [0.3, 0.4) is 0 Å². The van der Waals surface area contributed by atoms with Crippen LogP contribution in [0.15, 0.2) is 48.8 Å². The topological polar surface area (TPSA) is 56.3 Å². The molecule has 106 valence electrons. The van der Waals surface area contributed by atoms with Crippen molar-refractivity contribution >= 4 is 22.4 Å². The lowest BCUT2D eigenvalue weighted by Gasteiger charge is -2.11. The maximum Gasteiger partial charge on any atom is 0.141 e. The Balaban J connectivity index is 2.02. The summed E-state index contributed by atoms with van der Waals surface area (Å²) in [5.74, 6) is 2.18. The lowest BCUT2D eigenvalue weighted by Crippen LogP contribution is -1.97. The Bertz CT molecular complexity index is 747. The highest BCUT2D eigenvalue weighted by Crippen LogP contribution is 2.29. The van der Waals surface area contributed by atoms with Crippen LogP contribution in [-0.2, 0) is 0 Å². The van der Waals surface area contributed by atoms with Gasteiger partial charge in [0.2, 0.25) is 0 Å². The number of hydrogen-bond donors (Lipinski definition) is 1. The van der Waals surface area contributed by atoms with Gasteiger partial charge in [0.15, 0.2) is 0 Å². The first-order valence-electron chi connectivity index (χ1n) is 6.50. The van der Waals surface area contributed by atoms with Gasteiger partial charge < -0.3 is 14.8 Å². The maximum absolute atomic E-state index is 5.27. The highest BCUT2D eigenvalue weighted by atomic mass is 16.5. The molecule has 1 heterocycles. The van der Waals surface area contributed by atoms with E-state index in [2.05, 4.69) is 15.3 Å². The van der Waals surface area contributed by atoms with Crippen LogP contribution in [0.1, 0.15) is 0 Å². The number of rotatable bonds is 4. The van der Waals surface area contributed by atoms with Crippen molar-refractivity contribution in [2.75, 3.05) is 19.5 Å². The van der Waals surface area contributed by atoms with Crippen LogP contribution in [0.4, 0.5) is 11.5 Å². The number of fused-ring (bicyclic) bond motifs is 1. The van der Waals surface area contributed by atoms with Crippen molar-refractivity contribution in [1.82, 2.24) is 9.97 Å². The summed E-state index contributed by atoms with van der Waals surface area (Å²) in [5, 5.41) is 4.25. The van der Waals surface area contributed by atoms with Gasteiger partial charge >= 0.3 is 0 Å². The van der Waals surface area contributed by atoms with Gasteiger partial charge in [-0.05, 0) is 12.1 Å². The van der Waals surface area contributed by atoms with Gasteiger partial charge in [0.1, 0.15) is 23.6 Å². The zero-order chi connectivity index (χ0) is 14.7. The van der Waals surface area contributed by atoms with Gasteiger partial charge in [-0.25, -0.2) is 9.97 Å². The van der Waals surface area contributed by atoms with Crippen molar-refractivity contribution in [2.24, 2.45) is 0 Å². The van der Waals surface area contributed by atoms with Crippen LogP contribution in [0, 0.1) is 0 Å². The van der Waals surface area contributed by atoms with E-state index in [0.717, 1.165) is 33.9 Å². The lowest BCUT2D eigenvalue weighted by atomic mass is 10.2. The van der Waals surface area contributed by atoms with E-state index < -0.39 is 0 Å². The predicted molar refractivity (Wildman–Crippen MR) is 82.4 cm³/mol. The van der Waals surface area contributed by atoms with Gasteiger partial charge in [-0.2, -0.15) is 0 Å². The van der Waals surface area contributed by atoms with Crippen LogP contribution < -0.4 is 14.8 Å². The number of anilines is 2. The van der Waals surface area contributed by atoms with E-state index in [1.54, 1.807) is 20.5 Å². The van der Waals surface area contributed by atoms with Crippen LogP contribution in [-0.4, -0.2) is 24.2 Å². The van der Waals surface area contributed by atoms with Crippen LogP contribution >= 0.6 is 0 Å². The Morgan fingerprint density at radius 3 is 2.33 bits per heavy atom. The molecule has 0 aliphatic carbocycles. The average Bonchev–Trinajstić information content (AvgIpc) is 2.55. The van der Waals surface area contributed by atoms with Crippen molar-refractivity contribution in [3.8, 4) is 11.5 Å². The second kappa shape index (κ2) is 5.66. The Labute approximate surface area is 122 Å². The van der Waals surface area contributed by atoms with Crippen molar-refractivity contribution in [3.05, 3.63) is 48.8 Å². The molecule has 0 atom stereocenters. The van der Waals surface area contributed by atoms with E-state index in [9.17, 15) is 0 Å². The number of ether oxygens (including phenoxy) is 2. The van der Waals surface area contributed by atoms with Crippen molar-refractivity contribution in [1.29, 1.82) is 0 Å². The Hall–Kier alpha value is -2.82. The molecule has 1 N–H and O–H groups in total. The monoisotopic (exact) mass is 281 g/mol. The maximum atomic E-state index is 5.27. The van der Waals surface area contributed by atoms with Gasteiger partial charge in [0.25, 0.3) is 0 Å². The van der Waals surface area contributed by atoms with E-state index in [-0.39, 0.29) is 0 Å². The van der Waals surface area contributed by atoms with Crippen LogP contribution in [0.2, 0.25) is 0 Å². The zero-order valence-corrected chi connectivity index (χ0v) is 11.8. The highest BCUT2D eigenvalue weighted by Gasteiger charge is 2.06. The van der Waals surface area contributed by atoms with E-state index in [0.29, 0.717) is 0 Å². The minimum absolute atomic E-state index is 0.718. The van der Waals surface area contributed by atoms with Crippen LogP contribution in [0.5, 0.6) is 11.5 Å². The van der Waals surface area contributed by atoms with Gasteiger partial charge in [-0.3, -0.25) is 0 Å². The zero-order valence-electron chi connectivity index (χ0n) is 11.8. The minimum atomic E-state index is 0.718. The molecule has 5 heteroatoms. The van der Waals surface area contributed by atoms with Gasteiger partial charge in [0.05, 0.1) is 19.7 Å². The summed E-state index contributed by atoms with van der Waals surface area (Å²) >= 11 is 0. The molecule has 5 nitrogen and oxygen atoms in total. The number of aromatic nitrogens is 2. The number of para-hydroxylation sites is 1. The van der Waals surface area contributed by atoms with Crippen LogP contribution in [0.25, 0.3) is 10.9 Å². The summed E-state index contributed by atoms with van der Waals surface area (Å²) in [6, 6.07) is 13.4. The third-order valence-corrected chi connectivity index (χ3v) is 3.16. The molecule has 0 radical (unpaired) electrons. The standard InChI is InChI=1S/C16H15N3O2/c1-20-12-7-11(8-13(9-12)21-2)19-16-14-5-3-4-6-15(14)17-10-18-16/h3-10H,1-2H3,(H,17,18,19). The van der Waals surface area contributed by atoms with E-state index in [1.807, 2.05) is 42.5 Å². The number of hydrogen-bond acceptors (Lipinski definition) is 5. The van der Waals surface area contributed by atoms with E-state index in [4.69, 9.17) is 9.47 Å². The van der Waals surface area contributed by atoms with Crippen molar-refractivity contribution < 1.29 is 9.47 Å². The molecule has 3 aromatic rings. The third-order valence-electron chi connectivity index (χ3n) is 3.16. The molecule has 0 saturated heterocycles. The number of methoxy groups -OCH3 is 2. The Morgan fingerprint density at radius 2 is 1.62 bits per heavy atom. The normalized spacial score (nSPS) is 10.4. The second-order valence-corrected chi connectivity index (χ2v) is 4.47. The summed E-state index contributed by atoms with van der Waals surface area (Å²) in [4.78, 5) is 8.56. The first-order chi connectivity index (χ1) is 10.3. The Kier molecular flexibility index (Phi) is 3.55. The molecule has 0 amide bonds. The molecule has 0 fully saturated rings. The first kappa shape index (κ1) is 13.2. The van der Waals surface area contributed by atoms with Gasteiger partial charge in [0, 0.05) is 29.3 Å². The largest absolute Gasteiger partial charge is 0.497 e. The molecule has 1 aromatic heterocycles. The second-order valence-electron chi connectivity index (χ2n) is 4.47. The molecule has 0 spiro atoms. The lowest BCUT2D eigenvalue weighted by molar-refractivity contribution is 0.395. The summed E-state index contributed by atoms with van der Waals surface area (Å²) in [6.45, 7) is 0. The number of benzene rings is 2. The first-order valence-corrected chi connectivity index (χ1v) is 6.50. The summed E-state index contributed by atoms with van der Waals surface area (Å²) in [6.07, 6.45) is 1.54. The average molecular weight is 281 g/mol. The molecule has 0 aliphatic heterocycles. The fourth-order valence-electron chi connectivity index (χ4n) is 2.12. The third kappa shape index (κ3) is 2.72. The molecule has 0 aliphatic rings. The predicted octanol–water partition coefficient (Wildman–Crippen LogP) is 3.39. The quantitative estimate of drug-likeness (QED) is 0.794. The van der Waals surface area contributed by atoms with Gasteiger partial charge in [-0.15, -0.1) is 0 Å². The van der Waals surface area contributed by atoms with Gasteiger partial charge in [-0.1, -0.05) is 12.1 Å². The summed E-state index contributed by atoms with van der Waals surface area (Å²) < 4.78 is 10.5. The minimum Gasteiger partial charge on any atom is -0.497 e. The highest BCUT2D eigenvalue weighted by molar-refractivity contribution is 5.90. The molecule has 0 unspecified atom stereocenters. The van der Waals surface area contributed by atoms with E-state index >= 15 is 0 Å². The van der Waals surface area contributed by atoms with Crippen molar-refractivity contribution in [2.45, 2.75) is 0 Å². The van der Waals surface area contributed by atoms with E-state index in [1.165, 1.54) is 0 Å². The summed E-state index contributed by atoms with van der Waals surface area (Å²) in [7, 11) is 3.25. The number of nitrogens with zero attached hydrogens (tertiary/aromatic N) is 2. The van der Waals surface area contributed by atoms with Crippen molar-refractivity contribution in [3.63, 3.8) is 0 Å². The fraction of sp³-hybridized carbons (Fsp3) is 0.125. The molecular weight excluding hydrogens is 266 g/mol. The molecular formula is C16H15N3O2. The molecule has 3 rings (SSSR count). The SMILES string of the molecule is COc1cc(Nc2ncnc3ccccc23)cc(OC)c1. The molecule has 0 bridgehead atoms. The summed E-state index contributed by atoms with van der Waals surface area (Å²) in [5.41, 5.74) is 1.74. The molecule has 2 aromatic carbocycles. The molecule has 0 saturated carbocycles. The fourth-order valence-corrected chi connectivity index (χ4v) is 2.12. The Morgan fingerprint density at radius 1 is 0.905 bits per heavy atom. The molecule has 21 heavy (non-hydrogen) atoms.